The first kappa shape index (κ1) is 65.0. The standard InChI is InChI=1S/C102H62N6O2S2/c1-5-23-62(24-6-1)74-35-13-14-36-75(74)73-57-86(92-82-37-15-17-43-89(82)111-91(92)60-73)72-50-52-79-81-40-22-42-85(95(81)110-88(79)59-72)102-107-99(65-29-11-4-12-30-65)104-100(108-102)66-47-45-61(46-48-66)67-31-19-32-68(55-67)69-33-20-34-70(56-69)77-54-53-76(93-83-38-16-18-44-90(83)112-96(77)93)71-49-51-78-80-39-21-41-84(94(80)109-87(78)58-71)101-105-97(63-25-7-2-8-26-63)103-98(106-101)64-27-9-3-10-28-64/h1-60,81,95H. The SMILES string of the molecule is C1=CC2c3ccc(-c4cc(-c5ccccc5-c5ccccc5)cc5sc6ccccc6c45)cc3OC2C(c2nc(-c3ccccc3)nc(-c3ccc(-c4cccc(-c5cccc(-c6ccc(-c7ccc8c(c7)oc7c(-c9nc(-c%10ccccc%10)nc(-c%10ccccc%10)n9)cccc78)c7c6sc6ccccc67)c5)c4)cc3)n2)=C1. The minimum absolute atomic E-state index is 0.0475. The number of rotatable bonds is 13. The van der Waals surface area contributed by atoms with Gasteiger partial charge in [0, 0.05) is 90.4 Å². The van der Waals surface area contributed by atoms with Crippen molar-refractivity contribution in [3.05, 3.63) is 375 Å². The highest BCUT2D eigenvalue weighted by Gasteiger charge is 2.39. The van der Waals surface area contributed by atoms with Crippen molar-refractivity contribution < 1.29 is 9.15 Å². The maximum absolute atomic E-state index is 7.21. The molecule has 524 valence electrons. The number of thiophene rings is 2. The molecule has 0 saturated carbocycles. The topological polar surface area (TPSA) is 99.7 Å². The zero-order valence-electron chi connectivity index (χ0n) is 60.1. The van der Waals surface area contributed by atoms with Gasteiger partial charge in [-0.05, 0) is 139 Å². The van der Waals surface area contributed by atoms with Crippen LogP contribution in [-0.2, 0) is 0 Å². The quantitative estimate of drug-likeness (QED) is 0.113. The van der Waals surface area contributed by atoms with Crippen molar-refractivity contribution in [2.24, 2.45) is 0 Å². The number of hydrogen-bond acceptors (Lipinski definition) is 10. The van der Waals surface area contributed by atoms with Crippen molar-refractivity contribution in [3.63, 3.8) is 0 Å². The number of furan rings is 1. The third kappa shape index (κ3) is 11.3. The number of hydrogen-bond donors (Lipinski definition) is 0. The van der Waals surface area contributed by atoms with E-state index in [2.05, 4.69) is 279 Å². The average Bonchev–Trinajstić information content (AvgIpc) is 1.54. The van der Waals surface area contributed by atoms with Crippen LogP contribution in [0, 0.1) is 0 Å². The summed E-state index contributed by atoms with van der Waals surface area (Å²) in [5, 5.41) is 6.96. The van der Waals surface area contributed by atoms with Crippen molar-refractivity contribution in [1.29, 1.82) is 0 Å². The van der Waals surface area contributed by atoms with Gasteiger partial charge in [-0.3, -0.25) is 0 Å². The number of fused-ring (bicyclic) bond motifs is 12. The van der Waals surface area contributed by atoms with Crippen LogP contribution < -0.4 is 4.74 Å². The van der Waals surface area contributed by atoms with Crippen molar-refractivity contribution in [2.45, 2.75) is 12.0 Å². The molecule has 6 heterocycles. The molecule has 10 heteroatoms. The molecule has 0 fully saturated rings. The summed E-state index contributed by atoms with van der Waals surface area (Å²) < 4.78 is 19.2. The first-order chi connectivity index (χ1) is 55.5. The average molecular weight is 1470 g/mol. The summed E-state index contributed by atoms with van der Waals surface area (Å²) in [5.74, 6) is 4.33. The molecule has 15 aromatic carbocycles. The highest BCUT2D eigenvalue weighted by Crippen LogP contribution is 2.52. The zero-order chi connectivity index (χ0) is 73.7. The fourth-order valence-corrected chi connectivity index (χ4v) is 19.0. The highest BCUT2D eigenvalue weighted by molar-refractivity contribution is 7.26. The van der Waals surface area contributed by atoms with Gasteiger partial charge < -0.3 is 9.15 Å². The Hall–Kier alpha value is -14.2. The van der Waals surface area contributed by atoms with Gasteiger partial charge in [0.15, 0.2) is 34.9 Å². The molecule has 0 amide bonds. The fourth-order valence-electron chi connectivity index (χ4n) is 16.6. The fraction of sp³-hybridized carbons (Fsp3) is 0.0196. The maximum Gasteiger partial charge on any atom is 0.167 e. The number of para-hydroxylation sites is 1. The predicted molar refractivity (Wildman–Crippen MR) is 462 cm³/mol. The summed E-state index contributed by atoms with van der Waals surface area (Å²) in [5.41, 5.74) is 24.0. The molecular weight excluding hydrogens is 1410 g/mol. The van der Waals surface area contributed by atoms with Crippen molar-refractivity contribution in [3.8, 4) is 141 Å². The largest absolute Gasteiger partial charge is 0.484 e. The minimum atomic E-state index is -0.359. The van der Waals surface area contributed by atoms with Crippen LogP contribution in [-0.4, -0.2) is 36.0 Å². The van der Waals surface area contributed by atoms with Gasteiger partial charge in [0.2, 0.25) is 0 Å². The number of allylic oxidation sites excluding steroid dienone is 2. The van der Waals surface area contributed by atoms with Gasteiger partial charge in [-0.15, -0.1) is 22.7 Å². The summed E-state index contributed by atoms with van der Waals surface area (Å²) >= 11 is 3.69. The Morgan fingerprint density at radius 1 is 0.268 bits per heavy atom. The molecule has 2 atom stereocenters. The van der Waals surface area contributed by atoms with Crippen LogP contribution in [0.3, 0.4) is 0 Å². The lowest BCUT2D eigenvalue weighted by Gasteiger charge is -2.22. The third-order valence-electron chi connectivity index (χ3n) is 22.0. The molecular formula is C102H62N6O2S2. The van der Waals surface area contributed by atoms with E-state index in [9.17, 15) is 0 Å². The molecule has 0 bridgehead atoms. The van der Waals surface area contributed by atoms with E-state index in [1.807, 2.05) is 108 Å². The Morgan fingerprint density at radius 2 is 0.741 bits per heavy atom. The lowest BCUT2D eigenvalue weighted by Crippen LogP contribution is -2.23. The molecule has 20 aromatic rings. The number of benzene rings is 15. The maximum atomic E-state index is 7.21. The number of aromatic nitrogens is 6. The van der Waals surface area contributed by atoms with Crippen LogP contribution in [0.1, 0.15) is 17.3 Å². The van der Waals surface area contributed by atoms with Crippen LogP contribution in [0.5, 0.6) is 5.75 Å². The predicted octanol–water partition coefficient (Wildman–Crippen LogP) is 27.2. The minimum Gasteiger partial charge on any atom is -0.484 e. The van der Waals surface area contributed by atoms with Crippen molar-refractivity contribution >= 4 is 90.5 Å². The first-order valence-electron chi connectivity index (χ1n) is 37.7. The smallest absolute Gasteiger partial charge is 0.167 e. The third-order valence-corrected chi connectivity index (χ3v) is 24.3. The lowest BCUT2D eigenvalue weighted by molar-refractivity contribution is 0.277. The van der Waals surface area contributed by atoms with E-state index in [4.69, 9.17) is 39.1 Å². The van der Waals surface area contributed by atoms with Crippen LogP contribution in [0.4, 0.5) is 0 Å². The molecule has 1 aliphatic carbocycles. The van der Waals surface area contributed by atoms with E-state index in [-0.39, 0.29) is 12.0 Å². The van der Waals surface area contributed by atoms with Crippen molar-refractivity contribution in [2.75, 3.05) is 0 Å². The summed E-state index contributed by atoms with van der Waals surface area (Å²) in [6.07, 6.45) is 6.15. The van der Waals surface area contributed by atoms with Crippen LogP contribution in [0.2, 0.25) is 0 Å². The van der Waals surface area contributed by atoms with E-state index in [1.54, 1.807) is 0 Å². The van der Waals surface area contributed by atoms with E-state index in [0.717, 1.165) is 111 Å². The van der Waals surface area contributed by atoms with Gasteiger partial charge in [0.25, 0.3) is 0 Å². The zero-order valence-corrected chi connectivity index (χ0v) is 61.7. The second-order valence-electron chi connectivity index (χ2n) is 28.6. The Balaban J connectivity index is 0.561. The molecule has 2 aliphatic rings. The van der Waals surface area contributed by atoms with Crippen molar-refractivity contribution in [1.82, 2.24) is 29.9 Å². The molecule has 8 nitrogen and oxygen atoms in total. The molecule has 0 N–H and O–H groups in total. The van der Waals surface area contributed by atoms with Gasteiger partial charge in [-0.2, -0.15) is 0 Å². The monoisotopic (exact) mass is 1470 g/mol. The Morgan fingerprint density at radius 3 is 1.42 bits per heavy atom. The van der Waals surface area contributed by atoms with Gasteiger partial charge >= 0.3 is 0 Å². The van der Waals surface area contributed by atoms with Crippen LogP contribution in [0.15, 0.2) is 368 Å². The first-order valence-corrected chi connectivity index (χ1v) is 39.3. The van der Waals surface area contributed by atoms with Gasteiger partial charge in [-0.25, -0.2) is 29.9 Å². The molecule has 2 unspecified atom stereocenters. The van der Waals surface area contributed by atoms with E-state index < -0.39 is 0 Å². The van der Waals surface area contributed by atoms with E-state index in [0.29, 0.717) is 34.9 Å². The number of ether oxygens (including phenoxy) is 1. The molecule has 22 rings (SSSR count). The second kappa shape index (κ2) is 26.9. The summed E-state index contributed by atoms with van der Waals surface area (Å²) in [7, 11) is 0. The molecule has 112 heavy (non-hydrogen) atoms. The highest BCUT2D eigenvalue weighted by atomic mass is 32.1. The summed E-state index contributed by atoms with van der Waals surface area (Å²) in [6.45, 7) is 0. The lowest BCUT2D eigenvalue weighted by atomic mass is 9.86. The molecule has 0 radical (unpaired) electrons. The second-order valence-corrected chi connectivity index (χ2v) is 30.8. The van der Waals surface area contributed by atoms with Crippen LogP contribution in [0.25, 0.3) is 203 Å². The van der Waals surface area contributed by atoms with Gasteiger partial charge in [-0.1, -0.05) is 303 Å². The normalized spacial score (nSPS) is 13.8. The Kier molecular flexibility index (Phi) is 15.6. The van der Waals surface area contributed by atoms with Gasteiger partial charge in [0.05, 0.1) is 5.56 Å². The van der Waals surface area contributed by atoms with E-state index >= 15 is 0 Å². The summed E-state index contributed by atoms with van der Waals surface area (Å²) in [6, 6.07) is 123. The summed E-state index contributed by atoms with van der Waals surface area (Å²) in [4.78, 5) is 31.0. The van der Waals surface area contributed by atoms with Gasteiger partial charge in [0.1, 0.15) is 23.0 Å². The molecule has 1 aliphatic heterocycles. The van der Waals surface area contributed by atoms with E-state index in [1.165, 1.54) is 73.7 Å². The molecule has 5 aromatic heterocycles. The Bertz CT molecular complexity index is 7170. The number of nitrogens with zero attached hydrogens (tertiary/aromatic N) is 6. The van der Waals surface area contributed by atoms with Crippen LogP contribution >= 0.6 is 22.7 Å². The Labute approximate surface area is 653 Å². The molecule has 0 saturated heterocycles. The molecule has 0 spiro atoms.